The number of ether oxygens (including phenoxy) is 2. The molecule has 0 atom stereocenters. The number of nitro groups is 1. The van der Waals surface area contributed by atoms with Crippen molar-refractivity contribution in [2.75, 3.05) is 7.11 Å². The predicted octanol–water partition coefficient (Wildman–Crippen LogP) is 5.03. The van der Waals surface area contributed by atoms with Crippen LogP contribution in [0.4, 0.5) is 5.69 Å². The summed E-state index contributed by atoms with van der Waals surface area (Å²) in [6.07, 6.45) is 1.46. The van der Waals surface area contributed by atoms with E-state index in [2.05, 4.69) is 10.4 Å². The Morgan fingerprint density at radius 3 is 2.31 bits per heavy atom. The van der Waals surface area contributed by atoms with Gasteiger partial charge >= 0.3 is 0 Å². The smallest absolute Gasteiger partial charge is 0.282 e. The van der Waals surface area contributed by atoms with Crippen molar-refractivity contribution in [3.63, 3.8) is 0 Å². The van der Waals surface area contributed by atoms with E-state index in [1.54, 1.807) is 58.2 Å². The average molecular weight is 499 g/mol. The number of benzene rings is 2. The molecule has 0 spiro atoms. The van der Waals surface area contributed by atoms with Crippen LogP contribution in [0.15, 0.2) is 60.8 Å². The van der Waals surface area contributed by atoms with Gasteiger partial charge in [0.15, 0.2) is 0 Å². The number of carbonyl (C=O) groups excluding carboxylic acids is 2. The Morgan fingerprint density at radius 1 is 1.06 bits per heavy atom. The average Bonchev–Trinajstić information content (AvgIpc) is 2.81. The van der Waals surface area contributed by atoms with Crippen LogP contribution < -0.4 is 14.9 Å². The third-order valence-electron chi connectivity index (χ3n) is 4.76. The second-order valence-corrected chi connectivity index (χ2v) is 8.74. The first-order valence-corrected chi connectivity index (χ1v) is 10.8. The highest BCUT2D eigenvalue weighted by molar-refractivity contribution is 6.31. The van der Waals surface area contributed by atoms with E-state index < -0.39 is 28.0 Å². The normalized spacial score (nSPS) is 10.9. The lowest BCUT2D eigenvalue weighted by Crippen LogP contribution is -2.56. The van der Waals surface area contributed by atoms with Crippen molar-refractivity contribution in [2.45, 2.75) is 26.3 Å². The summed E-state index contributed by atoms with van der Waals surface area (Å²) in [5.74, 6) is -0.443. The summed E-state index contributed by atoms with van der Waals surface area (Å²) in [4.78, 5) is 41.5. The first kappa shape index (κ1) is 25.4. The summed E-state index contributed by atoms with van der Waals surface area (Å²) in [6, 6.07) is 13.4. The monoisotopic (exact) mass is 498 g/mol. The lowest BCUT2D eigenvalue weighted by atomic mass is 10.1. The highest BCUT2D eigenvalue weighted by atomic mass is 35.5. The molecule has 1 heterocycles. The number of nitrogens with one attached hydrogen (secondary N) is 1. The van der Waals surface area contributed by atoms with Crippen molar-refractivity contribution < 1.29 is 24.0 Å². The van der Waals surface area contributed by atoms with E-state index in [0.29, 0.717) is 11.5 Å². The summed E-state index contributed by atoms with van der Waals surface area (Å²) in [7, 11) is 1.54. The van der Waals surface area contributed by atoms with Crippen molar-refractivity contribution in [1.29, 1.82) is 0 Å². The van der Waals surface area contributed by atoms with Crippen LogP contribution in [0.25, 0.3) is 0 Å². The van der Waals surface area contributed by atoms with E-state index >= 15 is 0 Å². The lowest BCUT2D eigenvalue weighted by Gasteiger charge is -2.35. The maximum atomic E-state index is 13.6. The third kappa shape index (κ3) is 6.04. The number of nitrogens with zero attached hydrogens (tertiary/aromatic N) is 3. The zero-order chi connectivity index (χ0) is 25.8. The fourth-order valence-electron chi connectivity index (χ4n) is 3.04. The van der Waals surface area contributed by atoms with E-state index in [1.807, 2.05) is 0 Å². The molecule has 0 aliphatic carbocycles. The second kappa shape index (κ2) is 10.4. The molecule has 10 nitrogen and oxygen atoms in total. The van der Waals surface area contributed by atoms with Gasteiger partial charge in [-0.25, -0.2) is 9.99 Å². The van der Waals surface area contributed by atoms with Gasteiger partial charge in [-0.05, 0) is 69.3 Å². The molecule has 2 amide bonds. The van der Waals surface area contributed by atoms with Crippen LogP contribution in [0, 0.1) is 10.1 Å². The largest absolute Gasteiger partial charge is 0.497 e. The van der Waals surface area contributed by atoms with E-state index in [9.17, 15) is 19.7 Å². The molecule has 11 heteroatoms. The molecule has 3 aromatic rings. The van der Waals surface area contributed by atoms with Crippen molar-refractivity contribution >= 4 is 29.1 Å². The first-order chi connectivity index (χ1) is 16.5. The number of aromatic nitrogens is 1. The highest BCUT2D eigenvalue weighted by Crippen LogP contribution is 2.28. The molecule has 1 aromatic heterocycles. The molecule has 0 aliphatic rings. The number of nitro benzene ring substituents is 1. The quantitative estimate of drug-likeness (QED) is 0.373. The number of hydrogen-bond acceptors (Lipinski definition) is 7. The summed E-state index contributed by atoms with van der Waals surface area (Å²) < 4.78 is 10.9. The van der Waals surface area contributed by atoms with E-state index in [1.165, 1.54) is 24.4 Å². The Bertz CT molecular complexity index is 1260. The first-order valence-electron chi connectivity index (χ1n) is 10.4. The van der Waals surface area contributed by atoms with Gasteiger partial charge in [0.1, 0.15) is 22.6 Å². The highest BCUT2D eigenvalue weighted by Gasteiger charge is 2.33. The van der Waals surface area contributed by atoms with Gasteiger partial charge in [0.25, 0.3) is 17.5 Å². The van der Waals surface area contributed by atoms with Gasteiger partial charge in [-0.3, -0.25) is 25.1 Å². The Morgan fingerprint density at radius 2 is 1.71 bits per heavy atom. The predicted molar refractivity (Wildman–Crippen MR) is 129 cm³/mol. The number of pyridine rings is 1. The standard InChI is InChI=1S/C24H23ClN4O6/c1-24(2,3)28(27-21(30)19-14-15(25)7-12-20(19)29(32)33)23(31)18-6-5-13-26-22(18)35-17-10-8-16(34-4)9-11-17/h5-14H,1-4H3,(H,27,30). The third-order valence-corrected chi connectivity index (χ3v) is 5.00. The summed E-state index contributed by atoms with van der Waals surface area (Å²) in [5, 5.41) is 12.6. The number of rotatable bonds is 6. The molecule has 0 fully saturated rings. The number of hydrogen-bond donors (Lipinski definition) is 1. The van der Waals surface area contributed by atoms with Crippen LogP contribution in [-0.2, 0) is 0 Å². The van der Waals surface area contributed by atoms with E-state index in [0.717, 1.165) is 11.1 Å². The molecule has 1 N–H and O–H groups in total. The molecule has 3 rings (SSSR count). The number of amides is 2. The van der Waals surface area contributed by atoms with Crippen LogP contribution >= 0.6 is 11.6 Å². The van der Waals surface area contributed by atoms with Crippen LogP contribution in [0.1, 0.15) is 41.5 Å². The number of methoxy groups -OCH3 is 1. The van der Waals surface area contributed by atoms with Crippen molar-refractivity contribution in [3.05, 3.63) is 87.1 Å². The molecule has 0 saturated carbocycles. The van der Waals surface area contributed by atoms with Gasteiger partial charge in [-0.2, -0.15) is 0 Å². The minimum absolute atomic E-state index is 0.0138. The topological polar surface area (TPSA) is 124 Å². The summed E-state index contributed by atoms with van der Waals surface area (Å²) in [5.41, 5.74) is 0.895. The number of carbonyl (C=O) groups is 2. The fourth-order valence-corrected chi connectivity index (χ4v) is 3.22. The molecule has 0 saturated heterocycles. The van der Waals surface area contributed by atoms with Crippen LogP contribution in [-0.4, -0.2) is 39.4 Å². The van der Waals surface area contributed by atoms with Crippen LogP contribution in [0.2, 0.25) is 5.02 Å². The molecule has 0 bridgehead atoms. The SMILES string of the molecule is COc1ccc(Oc2ncccc2C(=O)N(NC(=O)c2cc(Cl)ccc2[N+](=O)[O-])C(C)(C)C)cc1. The summed E-state index contributed by atoms with van der Waals surface area (Å²) in [6.45, 7) is 5.08. The van der Waals surface area contributed by atoms with Gasteiger partial charge < -0.3 is 9.47 Å². The molecule has 0 aliphatic heterocycles. The molecule has 182 valence electrons. The molecular weight excluding hydrogens is 476 g/mol. The van der Waals surface area contributed by atoms with E-state index in [4.69, 9.17) is 21.1 Å². The van der Waals surface area contributed by atoms with Gasteiger partial charge in [0.05, 0.1) is 17.6 Å². The Kier molecular flexibility index (Phi) is 7.55. The lowest BCUT2D eigenvalue weighted by molar-refractivity contribution is -0.385. The molecular formula is C24H23ClN4O6. The maximum absolute atomic E-state index is 13.6. The van der Waals surface area contributed by atoms with Gasteiger partial charge in [-0.1, -0.05) is 11.6 Å². The minimum atomic E-state index is -0.923. The Hall–Kier alpha value is -4.18. The van der Waals surface area contributed by atoms with Gasteiger partial charge in [-0.15, -0.1) is 0 Å². The zero-order valence-corrected chi connectivity index (χ0v) is 20.2. The Labute approximate surface area is 206 Å². The molecule has 0 unspecified atom stereocenters. The van der Waals surface area contributed by atoms with Crippen molar-refractivity contribution in [3.8, 4) is 17.4 Å². The number of hydrazine groups is 1. The Balaban J connectivity index is 1.94. The number of halogens is 1. The van der Waals surface area contributed by atoms with Crippen molar-refractivity contribution in [2.24, 2.45) is 0 Å². The fraction of sp³-hybridized carbons (Fsp3) is 0.208. The molecule has 2 aromatic carbocycles. The maximum Gasteiger partial charge on any atom is 0.282 e. The van der Waals surface area contributed by atoms with Gasteiger partial charge in [0.2, 0.25) is 5.88 Å². The van der Waals surface area contributed by atoms with Crippen LogP contribution in [0.5, 0.6) is 17.4 Å². The van der Waals surface area contributed by atoms with Crippen LogP contribution in [0.3, 0.4) is 0 Å². The second-order valence-electron chi connectivity index (χ2n) is 8.30. The summed E-state index contributed by atoms with van der Waals surface area (Å²) >= 11 is 5.95. The van der Waals surface area contributed by atoms with Crippen molar-refractivity contribution in [1.82, 2.24) is 15.4 Å². The molecule has 0 radical (unpaired) electrons. The minimum Gasteiger partial charge on any atom is -0.497 e. The van der Waals surface area contributed by atoms with Gasteiger partial charge in [0, 0.05) is 17.3 Å². The zero-order valence-electron chi connectivity index (χ0n) is 19.4. The van der Waals surface area contributed by atoms with E-state index in [-0.39, 0.29) is 22.0 Å². The molecule has 35 heavy (non-hydrogen) atoms.